The summed E-state index contributed by atoms with van der Waals surface area (Å²) in [6, 6.07) is 139. The van der Waals surface area contributed by atoms with Crippen LogP contribution in [0.3, 0.4) is 0 Å². The first kappa shape index (κ1) is 70.3. The molecule has 9 heterocycles. The van der Waals surface area contributed by atoms with Crippen LogP contribution in [0.1, 0.15) is 6.85 Å². The molecular weight excluding hydrogens is 1660 g/mol. The van der Waals surface area contributed by atoms with E-state index in [0.29, 0.717) is 34.4 Å². The van der Waals surface area contributed by atoms with E-state index in [-0.39, 0.29) is 17.6 Å². The van der Waals surface area contributed by atoms with Crippen molar-refractivity contribution in [1.29, 1.82) is 0 Å². The lowest BCUT2D eigenvalue weighted by atomic mass is 9.99. The normalized spacial score (nSPS) is 12.5. The van der Waals surface area contributed by atoms with Crippen LogP contribution in [-0.4, -0.2) is 43.6 Å². The van der Waals surface area contributed by atoms with Crippen LogP contribution in [0.4, 0.5) is 0 Å². The number of nitrogens with zero attached hydrogens (tertiary/aromatic N) is 9. The van der Waals surface area contributed by atoms with Gasteiger partial charge in [-0.1, -0.05) is 370 Å². The van der Waals surface area contributed by atoms with Crippen LogP contribution in [0.5, 0.6) is 0 Å². The molecule has 0 spiro atoms. The van der Waals surface area contributed by atoms with E-state index in [9.17, 15) is 0 Å². The Morgan fingerprint density at radius 3 is 0.833 bits per heavy atom. The molecular formula is C120H71N9S3. The van der Waals surface area contributed by atoms with Gasteiger partial charge >= 0.3 is 0 Å². The van der Waals surface area contributed by atoms with E-state index in [1.165, 1.54) is 121 Å². The third-order valence-electron chi connectivity index (χ3n) is 26.1. The van der Waals surface area contributed by atoms with Crippen LogP contribution in [0.25, 0.3) is 265 Å². The third-order valence-corrected chi connectivity index (χ3v) is 29.6. The quantitative estimate of drug-likeness (QED) is 0.150. The maximum atomic E-state index is 8.78. The fourth-order valence-electron chi connectivity index (χ4n) is 20.4. The van der Waals surface area contributed by atoms with Crippen molar-refractivity contribution in [2.75, 3.05) is 0 Å². The Kier molecular flexibility index (Phi) is 16.2. The molecule has 0 amide bonds. The van der Waals surface area contributed by atoms with Crippen molar-refractivity contribution >= 4 is 225 Å². The zero-order valence-corrected chi connectivity index (χ0v) is 72.8. The average molecular weight is 1740 g/mol. The van der Waals surface area contributed by atoms with Gasteiger partial charge in [-0.2, -0.15) is 0 Å². The van der Waals surface area contributed by atoms with Crippen molar-refractivity contribution in [1.82, 2.24) is 43.6 Å². The number of hydrogen-bond acceptors (Lipinski definition) is 9. The SMILES string of the molecule is [2H]c1c([2H])c([2H])c(-c2nc(-n3c4ccccc4c4c5ccccc5c5c6ccccc6sc5c43)nc3ccccc23)c([2H])c1[2H].c1ccc(-c2ccc(-c3nc(-n4c5ccccc5c5c6ccccc6c6c7ccccc7sc6c54)nc4ccccc34)cc2)cc1.c1ccc(-c2cccc(-c3nc(-n4c5ccccc5c5c6ccccc6c6c7ccccc7sc6c54)nc4ccccc34)c2)cc1. The van der Waals surface area contributed by atoms with Gasteiger partial charge in [-0.25, -0.2) is 29.9 Å². The van der Waals surface area contributed by atoms with Crippen molar-refractivity contribution in [3.63, 3.8) is 0 Å². The molecule has 132 heavy (non-hydrogen) atoms. The monoisotopic (exact) mass is 1740 g/mol. The van der Waals surface area contributed by atoms with E-state index in [4.69, 9.17) is 36.8 Å². The summed E-state index contributed by atoms with van der Waals surface area (Å²) in [5, 5.41) is 24.6. The minimum atomic E-state index is -0.436. The molecule has 0 aliphatic heterocycles. The van der Waals surface area contributed by atoms with Gasteiger partial charge in [-0.3, -0.25) is 13.7 Å². The molecule has 0 saturated carbocycles. The topological polar surface area (TPSA) is 92.1 Å². The molecule has 0 unspecified atom stereocenters. The highest BCUT2D eigenvalue weighted by atomic mass is 32.1. The predicted octanol–water partition coefficient (Wildman–Crippen LogP) is 33.1. The molecule has 29 aromatic rings. The number of aromatic nitrogens is 9. The van der Waals surface area contributed by atoms with E-state index >= 15 is 0 Å². The van der Waals surface area contributed by atoms with E-state index < -0.39 is 18.1 Å². The molecule has 0 saturated heterocycles. The summed E-state index contributed by atoms with van der Waals surface area (Å²) >= 11 is 5.45. The molecule has 614 valence electrons. The fourth-order valence-corrected chi connectivity index (χ4v) is 24.2. The van der Waals surface area contributed by atoms with Gasteiger partial charge in [0.2, 0.25) is 17.8 Å². The molecule has 12 heteroatoms. The van der Waals surface area contributed by atoms with E-state index in [1.54, 1.807) is 11.3 Å². The minimum Gasteiger partial charge on any atom is -0.276 e. The van der Waals surface area contributed by atoms with Crippen molar-refractivity contribution in [2.45, 2.75) is 0 Å². The Hall–Kier alpha value is -16.7. The van der Waals surface area contributed by atoms with Crippen molar-refractivity contribution in [3.05, 3.63) is 431 Å². The van der Waals surface area contributed by atoms with Crippen LogP contribution in [0.15, 0.2) is 431 Å². The van der Waals surface area contributed by atoms with Crippen molar-refractivity contribution < 1.29 is 6.85 Å². The van der Waals surface area contributed by atoms with Crippen molar-refractivity contribution in [2.24, 2.45) is 0 Å². The summed E-state index contributed by atoms with van der Waals surface area (Å²) in [7, 11) is 0. The smallest absolute Gasteiger partial charge is 0.235 e. The maximum Gasteiger partial charge on any atom is 0.235 e. The zero-order chi connectivity index (χ0) is 90.9. The average Bonchev–Trinajstić information content (AvgIpc) is 1.55. The lowest BCUT2D eigenvalue weighted by molar-refractivity contribution is 1.02. The van der Waals surface area contributed by atoms with Gasteiger partial charge in [-0.15, -0.1) is 34.0 Å². The Morgan fingerprint density at radius 2 is 0.455 bits per heavy atom. The zero-order valence-electron chi connectivity index (χ0n) is 75.4. The highest BCUT2D eigenvalue weighted by Gasteiger charge is 2.29. The molecule has 9 aromatic heterocycles. The van der Waals surface area contributed by atoms with Crippen LogP contribution < -0.4 is 0 Å². The second-order valence-electron chi connectivity index (χ2n) is 33.3. The van der Waals surface area contributed by atoms with Gasteiger partial charge in [-0.05, 0) is 115 Å². The number of para-hydroxylation sites is 6. The van der Waals surface area contributed by atoms with Crippen molar-refractivity contribution in [3.8, 4) is 73.9 Å². The molecule has 29 rings (SSSR count). The number of thiophene rings is 3. The largest absolute Gasteiger partial charge is 0.276 e. The first-order chi connectivity index (χ1) is 67.6. The molecule has 0 aliphatic rings. The molecule has 0 bridgehead atoms. The minimum absolute atomic E-state index is 0.0547. The predicted molar refractivity (Wildman–Crippen MR) is 560 cm³/mol. The fraction of sp³-hybridized carbons (Fsp3) is 0. The highest BCUT2D eigenvalue weighted by Crippen LogP contribution is 2.53. The van der Waals surface area contributed by atoms with Gasteiger partial charge in [0.05, 0.1) is 87.7 Å². The van der Waals surface area contributed by atoms with Gasteiger partial charge in [0.25, 0.3) is 0 Å². The molecule has 0 aliphatic carbocycles. The number of hydrogen-bond donors (Lipinski definition) is 0. The maximum absolute atomic E-state index is 8.78. The lowest BCUT2D eigenvalue weighted by Crippen LogP contribution is -2.03. The highest BCUT2D eigenvalue weighted by molar-refractivity contribution is 7.28. The Balaban J connectivity index is 0.000000104. The lowest BCUT2D eigenvalue weighted by Gasteiger charge is -2.13. The van der Waals surface area contributed by atoms with Gasteiger partial charge in [0.15, 0.2) is 0 Å². The van der Waals surface area contributed by atoms with Gasteiger partial charge in [0, 0.05) is 112 Å². The Bertz CT molecular complexity index is 10100. The van der Waals surface area contributed by atoms with Crippen LogP contribution in [0.2, 0.25) is 0 Å². The first-order valence-corrected chi connectivity index (χ1v) is 46.5. The number of fused-ring (bicyclic) bond motifs is 33. The standard InChI is InChI=1S/2C42H25N3S.C36H21N3S/c1-2-13-26(14-3-1)27-15-12-16-28(25-27)39-31-19-6-9-22-34(31)43-42(44-39)45-35-23-10-7-20-32(35)37-29-17-4-5-18-30(29)38-33-21-8-11-24-36(33)46-41(38)40(37)45;1-2-12-26(13-3-1)27-22-24-28(25-23-27)39-31-16-6-9-19-34(31)43-42(44-39)45-35-20-10-7-17-32(35)37-29-14-4-5-15-30(29)38-33-18-8-11-21-36(33)46-41(38)40(37)45;1-2-12-22(13-3-1)33-25-16-6-9-19-28(25)37-36(38-33)39-29-20-10-7-17-26(29)31-23-14-4-5-15-24(23)32-27-18-8-11-21-30(27)40-35(32)34(31)39/h2*1-25H;1-21H/i;;1D,2D,3D,12D,13D. The second kappa shape index (κ2) is 30.5. The molecule has 0 N–H and O–H groups in total. The summed E-state index contributed by atoms with van der Waals surface area (Å²) < 4.78 is 56.5. The molecule has 0 atom stereocenters. The van der Waals surface area contributed by atoms with Gasteiger partial charge < -0.3 is 0 Å². The van der Waals surface area contributed by atoms with E-state index in [1.807, 2.05) is 59.1 Å². The number of benzene rings is 20. The van der Waals surface area contributed by atoms with E-state index in [0.717, 1.165) is 104 Å². The molecule has 0 fully saturated rings. The van der Waals surface area contributed by atoms with E-state index in [2.05, 4.69) is 378 Å². The second-order valence-corrected chi connectivity index (χ2v) is 36.5. The summed E-state index contributed by atoms with van der Waals surface area (Å²) in [5.41, 5.74) is 18.0. The van der Waals surface area contributed by atoms with Gasteiger partial charge in [0.1, 0.15) is 0 Å². The van der Waals surface area contributed by atoms with Crippen LogP contribution in [0, 0.1) is 0 Å². The summed E-state index contributed by atoms with van der Waals surface area (Å²) in [6.07, 6.45) is 0. The Labute approximate surface area is 774 Å². The molecule has 0 radical (unpaired) electrons. The Morgan fingerprint density at radius 1 is 0.189 bits per heavy atom. The first-order valence-electron chi connectivity index (χ1n) is 46.6. The van der Waals surface area contributed by atoms with Crippen LogP contribution in [-0.2, 0) is 0 Å². The molecule has 20 aromatic carbocycles. The van der Waals surface area contributed by atoms with Crippen LogP contribution >= 0.6 is 34.0 Å². The summed E-state index contributed by atoms with van der Waals surface area (Å²) in [4.78, 5) is 31.6. The number of rotatable bonds is 8. The summed E-state index contributed by atoms with van der Waals surface area (Å²) in [6.45, 7) is 0. The summed E-state index contributed by atoms with van der Waals surface area (Å²) in [5.74, 6) is 1.73. The molecule has 9 nitrogen and oxygen atoms in total. The third kappa shape index (κ3) is 11.8.